The van der Waals surface area contributed by atoms with Gasteiger partial charge in [0.25, 0.3) is 0 Å². The Balaban J connectivity index is 3.70. The van der Waals surface area contributed by atoms with Gasteiger partial charge in [0, 0.05) is 0 Å². The molecular weight excluding hydrogens is 158 g/mol. The molecule has 0 heterocycles. The molecule has 0 radical (unpaired) electrons. The average molecular weight is 178 g/mol. The molecule has 0 aromatic carbocycles. The monoisotopic (exact) mass is 178 g/mol. The van der Waals surface area contributed by atoms with Crippen LogP contribution in [0.3, 0.4) is 0 Å². The normalized spacial score (nSPS) is 11.4. The molecule has 0 bridgehead atoms. The summed E-state index contributed by atoms with van der Waals surface area (Å²) in [5.41, 5.74) is 0. The van der Waals surface area contributed by atoms with Crippen molar-refractivity contribution in [2.45, 2.75) is 27.7 Å². The number of hydrogen-bond acceptors (Lipinski definition) is 0. The first-order chi connectivity index (χ1) is 4.79. The zero-order chi connectivity index (χ0) is 7.98. The van der Waals surface area contributed by atoms with Crippen LogP contribution in [0.15, 0.2) is 0 Å². The van der Waals surface area contributed by atoms with E-state index in [1.807, 2.05) is 0 Å². The Bertz CT molecular complexity index is 55.7. The van der Waals surface area contributed by atoms with E-state index < -0.39 is 0 Å². The first kappa shape index (κ1) is 10.9. The molecule has 62 valence electrons. The molecule has 0 nitrogen and oxygen atoms in total. The first-order valence-electron chi connectivity index (χ1n) is 4.29. The van der Waals surface area contributed by atoms with Gasteiger partial charge in [-0.1, -0.05) is 42.9 Å². The predicted molar refractivity (Wildman–Crippen MR) is 56.0 cm³/mol. The molecule has 0 fully saturated rings. The molecule has 0 N–H and O–H groups in total. The van der Waals surface area contributed by atoms with Gasteiger partial charge in [-0.3, -0.25) is 0 Å². The maximum absolute atomic E-state index is 2.36. The van der Waals surface area contributed by atoms with Gasteiger partial charge in [0.05, 0.1) is 0 Å². The highest BCUT2D eigenvalue weighted by Gasteiger charge is 2.11. The Hall–Kier alpha value is 0.860. The van der Waals surface area contributed by atoms with Crippen LogP contribution in [0, 0.1) is 0 Å². The lowest BCUT2D eigenvalue weighted by Gasteiger charge is -2.23. The summed E-state index contributed by atoms with van der Waals surface area (Å²) in [6.07, 6.45) is 5.83. The highest BCUT2D eigenvalue weighted by Crippen LogP contribution is 2.67. The number of rotatable bonds is 5. The predicted octanol–water partition coefficient (Wildman–Crippen LogP) is 3.94. The van der Waals surface area contributed by atoms with E-state index in [4.69, 9.17) is 0 Å². The summed E-state index contributed by atoms with van der Waals surface area (Å²) in [6.45, 7) is 9.43. The minimum Gasteiger partial charge on any atom is -0.0816 e. The van der Waals surface area contributed by atoms with Gasteiger partial charge >= 0.3 is 0 Å². The summed E-state index contributed by atoms with van der Waals surface area (Å²) < 4.78 is 0. The molecule has 0 aliphatic heterocycles. The molecule has 0 aliphatic rings. The molecule has 0 aromatic heterocycles. The van der Waals surface area contributed by atoms with Gasteiger partial charge in [-0.25, -0.2) is 0 Å². The molecular formula is C8H20P2. The third kappa shape index (κ3) is 3.31. The molecule has 0 atom stereocenters. The Kier molecular flexibility index (Phi) is 7.13. The smallest absolute Gasteiger partial charge is 0.0316 e. The Morgan fingerprint density at radius 1 is 0.600 bits per heavy atom. The maximum Gasteiger partial charge on any atom is -0.0316 e. The van der Waals surface area contributed by atoms with Crippen molar-refractivity contribution in [2.75, 3.05) is 24.6 Å². The SMILES string of the molecule is CCP(CC)P(CC)CC. The van der Waals surface area contributed by atoms with Crippen LogP contribution in [-0.4, -0.2) is 24.6 Å². The lowest BCUT2D eigenvalue weighted by Crippen LogP contribution is -1.86. The summed E-state index contributed by atoms with van der Waals surface area (Å²) in [5, 5.41) is 0. The summed E-state index contributed by atoms with van der Waals surface area (Å²) >= 11 is 0. The molecule has 0 aromatic rings. The summed E-state index contributed by atoms with van der Waals surface area (Å²) in [6, 6.07) is 0. The van der Waals surface area contributed by atoms with Gasteiger partial charge in [0.2, 0.25) is 0 Å². The molecule has 0 rings (SSSR count). The zero-order valence-corrected chi connectivity index (χ0v) is 9.51. The van der Waals surface area contributed by atoms with Crippen molar-refractivity contribution >= 4 is 15.2 Å². The first-order valence-corrected chi connectivity index (χ1v) is 8.42. The van der Waals surface area contributed by atoms with E-state index >= 15 is 0 Å². The van der Waals surface area contributed by atoms with Gasteiger partial charge in [-0.2, -0.15) is 0 Å². The molecule has 0 amide bonds. The van der Waals surface area contributed by atoms with Crippen LogP contribution >= 0.6 is 15.2 Å². The van der Waals surface area contributed by atoms with Crippen molar-refractivity contribution in [1.29, 1.82) is 0 Å². The second kappa shape index (κ2) is 6.56. The van der Waals surface area contributed by atoms with Crippen LogP contribution < -0.4 is 0 Å². The van der Waals surface area contributed by atoms with Crippen LogP contribution in [0.4, 0.5) is 0 Å². The fraction of sp³-hybridized carbons (Fsp3) is 1.00. The van der Waals surface area contributed by atoms with Crippen LogP contribution in [0.5, 0.6) is 0 Å². The summed E-state index contributed by atoms with van der Waals surface area (Å²) in [7, 11) is 0.890. The summed E-state index contributed by atoms with van der Waals surface area (Å²) in [5.74, 6) is 0. The zero-order valence-electron chi connectivity index (χ0n) is 7.72. The second-order valence-corrected chi connectivity index (χ2v) is 10.2. The van der Waals surface area contributed by atoms with E-state index in [0.717, 1.165) is 0 Å². The standard InChI is InChI=1S/C8H20P2/c1-5-9(6-2)10(7-3)8-4/h5-8H2,1-4H3. The minimum absolute atomic E-state index is 0.445. The lowest BCUT2D eigenvalue weighted by atomic mass is 11.0. The molecule has 0 saturated heterocycles. The average Bonchev–Trinajstić information content (AvgIpc) is 2.00. The second-order valence-electron chi connectivity index (χ2n) is 2.28. The van der Waals surface area contributed by atoms with Crippen molar-refractivity contribution < 1.29 is 0 Å². The lowest BCUT2D eigenvalue weighted by molar-refractivity contribution is 1.40. The van der Waals surface area contributed by atoms with Gasteiger partial charge in [0.1, 0.15) is 0 Å². The molecule has 2 heteroatoms. The Morgan fingerprint density at radius 3 is 0.900 bits per heavy atom. The highest BCUT2D eigenvalue weighted by molar-refractivity contribution is 8.29. The third-order valence-corrected chi connectivity index (χ3v) is 11.4. The quantitative estimate of drug-likeness (QED) is 0.559. The topological polar surface area (TPSA) is 0 Å². The molecule has 0 saturated carbocycles. The third-order valence-electron chi connectivity index (χ3n) is 1.86. The number of hydrogen-bond donors (Lipinski definition) is 0. The Labute approximate surface area is 68.2 Å². The largest absolute Gasteiger partial charge is 0.0816 e. The van der Waals surface area contributed by atoms with Crippen LogP contribution in [0.1, 0.15) is 27.7 Å². The summed E-state index contributed by atoms with van der Waals surface area (Å²) in [4.78, 5) is 0. The Morgan fingerprint density at radius 2 is 0.800 bits per heavy atom. The maximum atomic E-state index is 2.36. The van der Waals surface area contributed by atoms with E-state index in [1.165, 1.54) is 24.6 Å². The van der Waals surface area contributed by atoms with E-state index in [0.29, 0.717) is 15.2 Å². The minimum atomic E-state index is 0.445. The van der Waals surface area contributed by atoms with Crippen molar-refractivity contribution in [3.05, 3.63) is 0 Å². The van der Waals surface area contributed by atoms with Crippen LogP contribution in [0.25, 0.3) is 0 Å². The van der Waals surface area contributed by atoms with Gasteiger partial charge in [-0.15, -0.1) is 0 Å². The molecule has 0 unspecified atom stereocenters. The molecule has 0 spiro atoms. The highest BCUT2D eigenvalue weighted by atomic mass is 32.1. The van der Waals surface area contributed by atoms with Gasteiger partial charge in [-0.05, 0) is 24.6 Å². The van der Waals surface area contributed by atoms with E-state index in [1.54, 1.807) is 0 Å². The van der Waals surface area contributed by atoms with E-state index in [2.05, 4.69) is 27.7 Å². The van der Waals surface area contributed by atoms with Gasteiger partial charge < -0.3 is 0 Å². The van der Waals surface area contributed by atoms with Crippen molar-refractivity contribution in [1.82, 2.24) is 0 Å². The fourth-order valence-corrected chi connectivity index (χ4v) is 8.54. The molecule has 0 aliphatic carbocycles. The van der Waals surface area contributed by atoms with Crippen molar-refractivity contribution in [2.24, 2.45) is 0 Å². The van der Waals surface area contributed by atoms with Crippen molar-refractivity contribution in [3.8, 4) is 0 Å². The van der Waals surface area contributed by atoms with Crippen LogP contribution in [-0.2, 0) is 0 Å². The van der Waals surface area contributed by atoms with E-state index in [-0.39, 0.29) is 0 Å². The van der Waals surface area contributed by atoms with Crippen LogP contribution in [0.2, 0.25) is 0 Å². The molecule has 10 heavy (non-hydrogen) atoms. The van der Waals surface area contributed by atoms with Gasteiger partial charge in [0.15, 0.2) is 0 Å². The van der Waals surface area contributed by atoms with E-state index in [9.17, 15) is 0 Å². The fourth-order valence-electron chi connectivity index (χ4n) is 1.25. The van der Waals surface area contributed by atoms with Crippen molar-refractivity contribution in [3.63, 3.8) is 0 Å².